The molecule has 21 heavy (non-hydrogen) atoms. The highest BCUT2D eigenvalue weighted by atomic mass is 32.2. The van der Waals surface area contributed by atoms with Gasteiger partial charge in [-0.2, -0.15) is 17.6 Å². The van der Waals surface area contributed by atoms with Crippen LogP contribution in [0.3, 0.4) is 0 Å². The van der Waals surface area contributed by atoms with E-state index in [0.717, 1.165) is 17.8 Å². The summed E-state index contributed by atoms with van der Waals surface area (Å²) in [6.07, 6.45) is 1.12. The van der Waals surface area contributed by atoms with E-state index in [2.05, 4.69) is 5.10 Å². The zero-order valence-electron chi connectivity index (χ0n) is 11.9. The van der Waals surface area contributed by atoms with Crippen molar-refractivity contribution >= 4 is 16.0 Å². The molecule has 1 aromatic carbocycles. The smallest absolute Gasteiger partial charge is 0.356 e. The first-order valence-corrected chi connectivity index (χ1v) is 7.71. The van der Waals surface area contributed by atoms with Crippen LogP contribution < -0.4 is 0 Å². The van der Waals surface area contributed by atoms with Gasteiger partial charge in [0.05, 0.1) is 4.90 Å². The highest BCUT2D eigenvalue weighted by molar-refractivity contribution is 7.89. The molecule has 0 saturated heterocycles. The van der Waals surface area contributed by atoms with Crippen molar-refractivity contribution in [1.82, 2.24) is 9.19 Å². The van der Waals surface area contributed by atoms with Crippen LogP contribution >= 0.6 is 0 Å². The molecule has 1 aromatic heterocycles. The minimum atomic E-state index is -3.87. The molecule has 2 aromatic rings. The van der Waals surface area contributed by atoms with E-state index >= 15 is 0 Å². The second-order valence-electron chi connectivity index (χ2n) is 5.66. The molecule has 112 valence electrons. The average Bonchev–Trinajstić information content (AvgIpc) is 2.88. The topological polar surface area (TPSA) is 89.3 Å². The van der Waals surface area contributed by atoms with Gasteiger partial charge in [0.1, 0.15) is 0 Å². The molecular weight excluding hydrogens is 292 g/mol. The maximum Gasteiger partial charge on any atom is 0.356 e. The number of benzene rings is 1. The van der Waals surface area contributed by atoms with Gasteiger partial charge in [0.2, 0.25) is 0 Å². The van der Waals surface area contributed by atoms with E-state index in [0.29, 0.717) is 4.09 Å². The largest absolute Gasteiger partial charge is 0.476 e. The molecule has 7 heteroatoms. The lowest BCUT2D eigenvalue weighted by atomic mass is 9.87. The Morgan fingerprint density at radius 3 is 2.14 bits per heavy atom. The summed E-state index contributed by atoms with van der Waals surface area (Å²) < 4.78 is 25.3. The molecular formula is C14H16N2O4S. The van der Waals surface area contributed by atoms with Gasteiger partial charge in [0, 0.05) is 6.20 Å². The molecule has 0 saturated carbocycles. The number of carbonyl (C=O) groups is 1. The van der Waals surface area contributed by atoms with Crippen LogP contribution in [0, 0.1) is 0 Å². The molecule has 0 aliphatic heterocycles. The summed E-state index contributed by atoms with van der Waals surface area (Å²) in [5, 5.41) is 12.3. The lowest BCUT2D eigenvalue weighted by Crippen LogP contribution is -2.16. The fourth-order valence-corrected chi connectivity index (χ4v) is 2.90. The third-order valence-electron chi connectivity index (χ3n) is 3.05. The lowest BCUT2D eigenvalue weighted by molar-refractivity contribution is 0.0690. The third-order valence-corrected chi connectivity index (χ3v) is 4.61. The van der Waals surface area contributed by atoms with Crippen molar-refractivity contribution in [1.29, 1.82) is 0 Å². The van der Waals surface area contributed by atoms with Gasteiger partial charge in [-0.05, 0) is 29.2 Å². The minimum absolute atomic E-state index is 0.0653. The van der Waals surface area contributed by atoms with Crippen molar-refractivity contribution in [3.63, 3.8) is 0 Å². The van der Waals surface area contributed by atoms with Crippen LogP contribution in [0.1, 0.15) is 36.8 Å². The van der Waals surface area contributed by atoms with Crippen LogP contribution in [-0.2, 0) is 15.4 Å². The molecule has 0 aliphatic carbocycles. The predicted molar refractivity (Wildman–Crippen MR) is 76.9 cm³/mol. The van der Waals surface area contributed by atoms with Crippen molar-refractivity contribution in [2.75, 3.05) is 0 Å². The molecule has 1 heterocycles. The fraction of sp³-hybridized carbons (Fsp3) is 0.286. The number of aromatic carboxylic acids is 1. The summed E-state index contributed by atoms with van der Waals surface area (Å²) >= 11 is 0. The van der Waals surface area contributed by atoms with Gasteiger partial charge in [-0.1, -0.05) is 32.9 Å². The van der Waals surface area contributed by atoms with Crippen molar-refractivity contribution in [3.05, 3.63) is 47.8 Å². The number of aromatic nitrogens is 2. The Bertz CT molecular complexity index is 768. The van der Waals surface area contributed by atoms with Crippen LogP contribution in [0.4, 0.5) is 0 Å². The van der Waals surface area contributed by atoms with Gasteiger partial charge < -0.3 is 5.11 Å². The number of rotatable bonds is 3. The summed E-state index contributed by atoms with van der Waals surface area (Å²) in [7, 11) is -3.87. The van der Waals surface area contributed by atoms with E-state index in [1.807, 2.05) is 20.8 Å². The molecule has 1 N–H and O–H groups in total. The molecule has 0 radical (unpaired) electrons. The molecule has 0 amide bonds. The Morgan fingerprint density at radius 2 is 1.71 bits per heavy atom. The van der Waals surface area contributed by atoms with Gasteiger partial charge >= 0.3 is 5.97 Å². The first-order chi connectivity index (χ1) is 9.62. The molecule has 2 rings (SSSR count). The molecule has 0 spiro atoms. The monoisotopic (exact) mass is 308 g/mol. The zero-order chi connectivity index (χ0) is 15.8. The van der Waals surface area contributed by atoms with Gasteiger partial charge in [-0.15, -0.1) is 0 Å². The molecule has 0 bridgehead atoms. The van der Waals surface area contributed by atoms with Crippen LogP contribution in [0.15, 0.2) is 41.4 Å². The Hall–Kier alpha value is -2.15. The van der Waals surface area contributed by atoms with Gasteiger partial charge in [0.25, 0.3) is 10.0 Å². The van der Waals surface area contributed by atoms with Crippen molar-refractivity contribution in [3.8, 4) is 0 Å². The normalized spacial score (nSPS) is 12.3. The molecule has 6 nitrogen and oxygen atoms in total. The van der Waals surface area contributed by atoms with E-state index in [9.17, 15) is 13.2 Å². The molecule has 0 unspecified atom stereocenters. The van der Waals surface area contributed by atoms with Gasteiger partial charge in [-0.3, -0.25) is 0 Å². The van der Waals surface area contributed by atoms with E-state index in [-0.39, 0.29) is 16.0 Å². The quantitative estimate of drug-likeness (QED) is 0.938. The van der Waals surface area contributed by atoms with Crippen molar-refractivity contribution < 1.29 is 18.3 Å². The van der Waals surface area contributed by atoms with E-state index < -0.39 is 16.0 Å². The second kappa shape index (κ2) is 5.00. The highest BCUT2D eigenvalue weighted by Gasteiger charge is 2.21. The summed E-state index contributed by atoms with van der Waals surface area (Å²) in [6.45, 7) is 6.09. The lowest BCUT2D eigenvalue weighted by Gasteiger charge is -2.19. The first kappa shape index (κ1) is 15.2. The zero-order valence-corrected chi connectivity index (χ0v) is 12.8. The average molecular weight is 308 g/mol. The fourth-order valence-electron chi connectivity index (χ4n) is 1.79. The minimum Gasteiger partial charge on any atom is -0.476 e. The van der Waals surface area contributed by atoms with Crippen LogP contribution in [-0.4, -0.2) is 28.7 Å². The Morgan fingerprint density at radius 1 is 1.14 bits per heavy atom. The first-order valence-electron chi connectivity index (χ1n) is 6.27. The molecule has 0 atom stereocenters. The standard InChI is InChI=1S/C14H16N2O4S/c1-14(2,3)10-4-6-11(7-5-10)21(19,20)16-9-8-12(15-16)13(17)18/h4-9H,1-3H3,(H,17,18). The van der Waals surface area contributed by atoms with Crippen molar-refractivity contribution in [2.45, 2.75) is 31.1 Å². The SMILES string of the molecule is CC(C)(C)c1ccc(S(=O)(=O)n2ccc(C(=O)O)n2)cc1. The van der Waals surface area contributed by atoms with Crippen LogP contribution in [0.5, 0.6) is 0 Å². The van der Waals surface area contributed by atoms with E-state index in [4.69, 9.17) is 5.11 Å². The highest BCUT2D eigenvalue weighted by Crippen LogP contribution is 2.24. The van der Waals surface area contributed by atoms with Crippen LogP contribution in [0.2, 0.25) is 0 Å². The maximum absolute atomic E-state index is 12.3. The van der Waals surface area contributed by atoms with E-state index in [1.54, 1.807) is 12.1 Å². The Labute approximate surface area is 123 Å². The van der Waals surface area contributed by atoms with Crippen LogP contribution in [0.25, 0.3) is 0 Å². The number of hydrogen-bond donors (Lipinski definition) is 1. The Kier molecular flexibility index (Phi) is 3.63. The van der Waals surface area contributed by atoms with Gasteiger partial charge in [0.15, 0.2) is 5.69 Å². The number of carboxylic acids is 1. The molecule has 0 fully saturated rings. The summed E-state index contributed by atoms with van der Waals surface area (Å²) in [6, 6.07) is 7.63. The summed E-state index contributed by atoms with van der Waals surface area (Å²) in [4.78, 5) is 10.8. The summed E-state index contributed by atoms with van der Waals surface area (Å²) in [5.74, 6) is -1.27. The van der Waals surface area contributed by atoms with Gasteiger partial charge in [-0.25, -0.2) is 4.79 Å². The number of hydrogen-bond acceptors (Lipinski definition) is 4. The second-order valence-corrected chi connectivity index (χ2v) is 7.45. The molecule has 0 aliphatic rings. The number of carboxylic acid groups (broad SMARTS) is 1. The predicted octanol–water partition coefficient (Wildman–Crippen LogP) is 2.12. The Balaban J connectivity index is 2.41. The summed E-state index contributed by atoms with van der Waals surface area (Å²) in [5.41, 5.74) is 0.614. The third kappa shape index (κ3) is 2.97. The van der Waals surface area contributed by atoms with Crippen molar-refractivity contribution in [2.24, 2.45) is 0 Å². The van der Waals surface area contributed by atoms with E-state index in [1.165, 1.54) is 12.1 Å². The maximum atomic E-state index is 12.3. The number of nitrogens with zero attached hydrogens (tertiary/aromatic N) is 2.